The number of sulfonamides is 1. The molecule has 0 saturated carbocycles. The van der Waals surface area contributed by atoms with Crippen LogP contribution >= 0.6 is 24.0 Å². The Morgan fingerprint density at radius 3 is 2.54 bits per heavy atom. The Morgan fingerprint density at radius 2 is 2.04 bits per heavy atom. The van der Waals surface area contributed by atoms with Gasteiger partial charge in [0.05, 0.1) is 12.3 Å². The third-order valence-electron chi connectivity index (χ3n) is 3.97. The average molecular weight is 500 g/mol. The molecule has 0 aliphatic rings. The van der Waals surface area contributed by atoms with E-state index in [1.54, 1.807) is 20.0 Å². The van der Waals surface area contributed by atoms with Gasteiger partial charge < -0.3 is 10.6 Å². The van der Waals surface area contributed by atoms with Crippen molar-refractivity contribution in [2.75, 3.05) is 32.9 Å². The maximum atomic E-state index is 13.7. The van der Waals surface area contributed by atoms with Crippen LogP contribution in [0.3, 0.4) is 0 Å². The van der Waals surface area contributed by atoms with E-state index in [-0.39, 0.29) is 35.8 Å². The van der Waals surface area contributed by atoms with Gasteiger partial charge in [0.25, 0.3) is 0 Å². The van der Waals surface area contributed by atoms with Crippen LogP contribution < -0.4 is 10.6 Å². The molecule has 0 aromatic heterocycles. The van der Waals surface area contributed by atoms with E-state index in [0.717, 1.165) is 5.56 Å². The Labute approximate surface area is 173 Å². The van der Waals surface area contributed by atoms with Crippen molar-refractivity contribution in [3.05, 3.63) is 35.1 Å². The van der Waals surface area contributed by atoms with Gasteiger partial charge in [-0.1, -0.05) is 19.1 Å². The van der Waals surface area contributed by atoms with Crippen molar-refractivity contribution in [3.8, 4) is 0 Å². The molecule has 1 rings (SSSR count). The number of hydrogen-bond acceptors (Lipinski definition) is 3. The first-order chi connectivity index (χ1) is 11.7. The highest BCUT2D eigenvalue weighted by Gasteiger charge is 2.14. The second-order valence-corrected chi connectivity index (χ2v) is 7.96. The van der Waals surface area contributed by atoms with Gasteiger partial charge in [0, 0.05) is 26.7 Å². The minimum atomic E-state index is -3.16. The van der Waals surface area contributed by atoms with Crippen LogP contribution in [-0.4, -0.2) is 51.6 Å². The van der Waals surface area contributed by atoms with Gasteiger partial charge in [-0.2, -0.15) is 0 Å². The third-order valence-corrected chi connectivity index (χ3v) is 5.35. The second kappa shape index (κ2) is 11.7. The molecule has 1 atom stereocenters. The molecule has 2 N–H and O–H groups in total. The number of nitrogens with zero attached hydrogens (tertiary/aromatic N) is 2. The number of benzene rings is 1. The lowest BCUT2D eigenvalue weighted by Gasteiger charge is -2.20. The molecule has 0 amide bonds. The van der Waals surface area contributed by atoms with Crippen LogP contribution in [-0.2, 0) is 10.0 Å². The summed E-state index contributed by atoms with van der Waals surface area (Å²) in [6.45, 7) is 6.98. The molecule has 0 spiro atoms. The highest BCUT2D eigenvalue weighted by molar-refractivity contribution is 14.0. The molecule has 0 heterocycles. The van der Waals surface area contributed by atoms with E-state index in [9.17, 15) is 12.8 Å². The maximum absolute atomic E-state index is 13.7. The van der Waals surface area contributed by atoms with Crippen molar-refractivity contribution in [2.24, 2.45) is 4.99 Å². The standard InChI is InChI=1S/C17H29FN4O2S.HI/c1-6-22(25(5,23)24)11-7-10-20-17(19-4)21-14(3)15-9-8-13(2)16(18)12-15;/h8-9,12,14H,6-7,10-11H2,1-5H3,(H2,19,20,21);1H. The van der Waals surface area contributed by atoms with Crippen molar-refractivity contribution in [1.82, 2.24) is 14.9 Å². The summed E-state index contributed by atoms with van der Waals surface area (Å²) in [5.74, 6) is 0.366. The van der Waals surface area contributed by atoms with Gasteiger partial charge in [-0.15, -0.1) is 24.0 Å². The molecule has 1 unspecified atom stereocenters. The van der Waals surface area contributed by atoms with Crippen molar-refractivity contribution < 1.29 is 12.8 Å². The van der Waals surface area contributed by atoms with Crippen LogP contribution in [0.25, 0.3) is 0 Å². The van der Waals surface area contributed by atoms with Gasteiger partial charge in [0.2, 0.25) is 10.0 Å². The fourth-order valence-electron chi connectivity index (χ4n) is 2.38. The van der Waals surface area contributed by atoms with Crippen molar-refractivity contribution in [2.45, 2.75) is 33.2 Å². The topological polar surface area (TPSA) is 73.8 Å². The van der Waals surface area contributed by atoms with Gasteiger partial charge in [-0.3, -0.25) is 4.99 Å². The number of aliphatic imine (C=N–C) groups is 1. The molecule has 1 aromatic carbocycles. The highest BCUT2D eigenvalue weighted by atomic mass is 127. The predicted octanol–water partition coefficient (Wildman–Crippen LogP) is 2.65. The number of hydrogen-bond donors (Lipinski definition) is 2. The molecule has 0 bridgehead atoms. The van der Waals surface area contributed by atoms with Gasteiger partial charge in [-0.25, -0.2) is 17.1 Å². The second-order valence-electron chi connectivity index (χ2n) is 5.98. The Kier molecular flexibility index (Phi) is 11.3. The van der Waals surface area contributed by atoms with Crippen LogP contribution in [0.2, 0.25) is 0 Å². The number of guanidine groups is 1. The van der Waals surface area contributed by atoms with Crippen LogP contribution in [0.1, 0.15) is 37.4 Å². The van der Waals surface area contributed by atoms with E-state index in [2.05, 4.69) is 15.6 Å². The molecule has 0 aliphatic heterocycles. The molecule has 0 aliphatic carbocycles. The zero-order valence-electron chi connectivity index (χ0n) is 16.0. The summed E-state index contributed by atoms with van der Waals surface area (Å²) in [6, 6.07) is 5.05. The van der Waals surface area contributed by atoms with Crippen molar-refractivity contribution >= 4 is 40.0 Å². The zero-order valence-corrected chi connectivity index (χ0v) is 19.2. The van der Waals surface area contributed by atoms with Gasteiger partial charge in [0.1, 0.15) is 5.82 Å². The molecular weight excluding hydrogens is 470 g/mol. The Bertz CT molecular complexity index is 698. The number of aryl methyl sites for hydroxylation is 1. The minimum Gasteiger partial charge on any atom is -0.356 e. The molecule has 0 radical (unpaired) electrons. The fourth-order valence-corrected chi connectivity index (χ4v) is 3.31. The van der Waals surface area contributed by atoms with Gasteiger partial charge in [-0.05, 0) is 37.5 Å². The number of rotatable bonds is 8. The minimum absolute atomic E-state index is 0. The molecule has 0 fully saturated rings. The summed E-state index contributed by atoms with van der Waals surface area (Å²) in [4.78, 5) is 4.15. The largest absolute Gasteiger partial charge is 0.356 e. The molecular formula is C17H30FIN4O2S. The zero-order chi connectivity index (χ0) is 19.0. The highest BCUT2D eigenvalue weighted by Crippen LogP contribution is 2.16. The van der Waals surface area contributed by atoms with Crippen LogP contribution in [0, 0.1) is 12.7 Å². The molecule has 0 saturated heterocycles. The molecule has 150 valence electrons. The molecule has 9 heteroatoms. The quantitative estimate of drug-likeness (QED) is 0.249. The lowest BCUT2D eigenvalue weighted by Crippen LogP contribution is -2.40. The molecule has 6 nitrogen and oxygen atoms in total. The lowest BCUT2D eigenvalue weighted by molar-refractivity contribution is 0.424. The fraction of sp³-hybridized carbons (Fsp3) is 0.588. The summed E-state index contributed by atoms with van der Waals surface area (Å²) in [5, 5.41) is 6.35. The summed E-state index contributed by atoms with van der Waals surface area (Å²) in [5.41, 5.74) is 1.45. The Balaban J connectivity index is 0.00000625. The van der Waals surface area contributed by atoms with Crippen LogP contribution in [0.15, 0.2) is 23.2 Å². The molecule has 26 heavy (non-hydrogen) atoms. The predicted molar refractivity (Wildman–Crippen MR) is 116 cm³/mol. The molecule has 1 aromatic rings. The van der Waals surface area contributed by atoms with E-state index in [0.29, 0.717) is 37.6 Å². The summed E-state index contributed by atoms with van der Waals surface area (Å²) >= 11 is 0. The Hall–Kier alpha value is -0.940. The van der Waals surface area contributed by atoms with Crippen molar-refractivity contribution in [1.29, 1.82) is 0 Å². The summed E-state index contributed by atoms with van der Waals surface area (Å²) in [7, 11) is -1.50. The SMILES string of the molecule is CCN(CCCNC(=NC)NC(C)c1ccc(C)c(F)c1)S(C)(=O)=O.I. The number of nitrogens with one attached hydrogen (secondary N) is 2. The van der Waals surface area contributed by atoms with Gasteiger partial charge in [0.15, 0.2) is 5.96 Å². The van der Waals surface area contributed by atoms with E-state index < -0.39 is 10.0 Å². The van der Waals surface area contributed by atoms with Gasteiger partial charge >= 0.3 is 0 Å². The smallest absolute Gasteiger partial charge is 0.211 e. The lowest BCUT2D eigenvalue weighted by atomic mass is 10.1. The van der Waals surface area contributed by atoms with Crippen LogP contribution in [0.5, 0.6) is 0 Å². The van der Waals surface area contributed by atoms with E-state index in [4.69, 9.17) is 0 Å². The van der Waals surface area contributed by atoms with E-state index >= 15 is 0 Å². The Morgan fingerprint density at radius 1 is 1.38 bits per heavy atom. The normalized spacial score (nSPS) is 13.3. The monoisotopic (exact) mass is 500 g/mol. The average Bonchev–Trinajstić information content (AvgIpc) is 2.54. The first kappa shape index (κ1) is 25.1. The first-order valence-corrected chi connectivity index (χ1v) is 10.2. The summed E-state index contributed by atoms with van der Waals surface area (Å²) < 4.78 is 38.2. The first-order valence-electron chi connectivity index (χ1n) is 8.37. The third kappa shape index (κ3) is 8.17. The van der Waals surface area contributed by atoms with Crippen molar-refractivity contribution in [3.63, 3.8) is 0 Å². The van der Waals surface area contributed by atoms with E-state index in [1.165, 1.54) is 16.6 Å². The maximum Gasteiger partial charge on any atom is 0.211 e. The summed E-state index contributed by atoms with van der Waals surface area (Å²) in [6.07, 6.45) is 1.88. The van der Waals surface area contributed by atoms with Crippen LogP contribution in [0.4, 0.5) is 4.39 Å². The van der Waals surface area contributed by atoms with E-state index in [1.807, 2.05) is 19.9 Å². The number of halogens is 2.